The van der Waals surface area contributed by atoms with Crippen LogP contribution in [0.3, 0.4) is 0 Å². The molecule has 152 valence electrons. The van der Waals surface area contributed by atoms with E-state index in [1.165, 1.54) is 31.5 Å². The fourth-order valence-corrected chi connectivity index (χ4v) is 3.85. The Morgan fingerprint density at radius 3 is 2.55 bits per heavy atom. The number of nitrogens with one attached hydrogen (secondary N) is 1. The second-order valence-corrected chi connectivity index (χ2v) is 7.53. The molecular weight excluding hydrogens is 364 g/mol. The molecule has 5 heteroatoms. The number of nitrogens with zero attached hydrogens (tertiary/aromatic N) is 1. The van der Waals surface area contributed by atoms with Gasteiger partial charge in [0.2, 0.25) is 0 Å². The van der Waals surface area contributed by atoms with Crippen molar-refractivity contribution in [2.75, 3.05) is 19.7 Å². The lowest BCUT2D eigenvalue weighted by molar-refractivity contribution is 0.0912. The van der Waals surface area contributed by atoms with Crippen molar-refractivity contribution in [2.45, 2.75) is 39.5 Å². The Morgan fingerprint density at radius 2 is 1.79 bits per heavy atom. The summed E-state index contributed by atoms with van der Waals surface area (Å²) >= 11 is 0. The first-order valence-electron chi connectivity index (χ1n) is 10.4. The molecule has 1 fully saturated rings. The first kappa shape index (κ1) is 19.7. The molecule has 1 aliphatic heterocycles. The number of rotatable bonds is 8. The molecule has 2 aromatic carbocycles. The fourth-order valence-electron chi connectivity index (χ4n) is 3.85. The molecule has 29 heavy (non-hydrogen) atoms. The van der Waals surface area contributed by atoms with E-state index in [-0.39, 0.29) is 5.91 Å². The second-order valence-electron chi connectivity index (χ2n) is 7.53. The molecule has 0 saturated carbocycles. The van der Waals surface area contributed by atoms with Crippen LogP contribution in [-0.4, -0.2) is 30.5 Å². The summed E-state index contributed by atoms with van der Waals surface area (Å²) < 4.78 is 11.4. The zero-order valence-corrected chi connectivity index (χ0v) is 16.9. The highest BCUT2D eigenvalue weighted by molar-refractivity contribution is 5.99. The summed E-state index contributed by atoms with van der Waals surface area (Å²) in [5.41, 5.74) is 3.91. The summed E-state index contributed by atoms with van der Waals surface area (Å²) in [5.74, 6) is 0.127. The molecule has 4 rings (SSSR count). The van der Waals surface area contributed by atoms with Crippen LogP contribution < -0.4 is 5.32 Å². The minimum Gasteiger partial charge on any atom is -0.451 e. The summed E-state index contributed by atoms with van der Waals surface area (Å²) in [6.45, 7) is 6.75. The number of benzene rings is 2. The van der Waals surface area contributed by atoms with E-state index in [4.69, 9.17) is 9.15 Å². The Morgan fingerprint density at radius 1 is 1.07 bits per heavy atom. The van der Waals surface area contributed by atoms with Gasteiger partial charge in [0.05, 0.1) is 6.61 Å². The van der Waals surface area contributed by atoms with Crippen LogP contribution >= 0.6 is 0 Å². The van der Waals surface area contributed by atoms with Gasteiger partial charge in [0.25, 0.3) is 5.91 Å². The van der Waals surface area contributed by atoms with Crippen molar-refractivity contribution in [1.82, 2.24) is 10.2 Å². The van der Waals surface area contributed by atoms with Crippen molar-refractivity contribution in [3.63, 3.8) is 0 Å². The number of para-hydroxylation sites is 1. The van der Waals surface area contributed by atoms with Gasteiger partial charge in [-0.25, -0.2) is 0 Å². The Labute approximate surface area is 171 Å². The number of ether oxygens (including phenoxy) is 1. The van der Waals surface area contributed by atoms with E-state index in [0.717, 1.165) is 23.1 Å². The van der Waals surface area contributed by atoms with Crippen molar-refractivity contribution in [3.05, 3.63) is 71.0 Å². The molecule has 0 unspecified atom stereocenters. The van der Waals surface area contributed by atoms with Crippen LogP contribution in [0.25, 0.3) is 11.0 Å². The Bertz CT molecular complexity index is 956. The molecule has 0 aliphatic carbocycles. The second kappa shape index (κ2) is 9.25. The number of likely N-dealkylation sites (tertiary alicyclic amines) is 1. The first-order chi connectivity index (χ1) is 14.2. The average molecular weight is 392 g/mol. The number of furan rings is 1. The van der Waals surface area contributed by atoms with Crippen molar-refractivity contribution in [2.24, 2.45) is 0 Å². The molecule has 0 atom stereocenters. The third kappa shape index (κ3) is 4.69. The van der Waals surface area contributed by atoms with Crippen molar-refractivity contribution < 1.29 is 13.9 Å². The topological polar surface area (TPSA) is 54.7 Å². The number of hydrogen-bond donors (Lipinski definition) is 1. The maximum Gasteiger partial charge on any atom is 0.287 e. The lowest BCUT2D eigenvalue weighted by atomic mass is 10.1. The van der Waals surface area contributed by atoms with E-state index >= 15 is 0 Å². The van der Waals surface area contributed by atoms with Crippen LogP contribution in [0.4, 0.5) is 0 Å². The van der Waals surface area contributed by atoms with Crippen LogP contribution in [0, 0.1) is 0 Å². The molecule has 5 nitrogen and oxygen atoms in total. The highest BCUT2D eigenvalue weighted by Gasteiger charge is 2.20. The molecule has 0 bridgehead atoms. The molecule has 2 heterocycles. The number of hydrogen-bond acceptors (Lipinski definition) is 4. The molecular formula is C24H28N2O3. The normalized spacial score (nSPS) is 14.5. The maximum atomic E-state index is 12.8. The van der Waals surface area contributed by atoms with Gasteiger partial charge in [-0.2, -0.15) is 0 Å². The Balaban J connectivity index is 1.41. The van der Waals surface area contributed by atoms with Crippen LogP contribution in [-0.2, 0) is 24.4 Å². The lowest BCUT2D eigenvalue weighted by Gasteiger charge is -2.14. The summed E-state index contributed by atoms with van der Waals surface area (Å²) in [6.07, 6.45) is 2.61. The lowest BCUT2D eigenvalue weighted by Crippen LogP contribution is -2.23. The summed E-state index contributed by atoms with van der Waals surface area (Å²) in [4.78, 5) is 15.3. The van der Waals surface area contributed by atoms with E-state index in [1.54, 1.807) is 0 Å². The van der Waals surface area contributed by atoms with Gasteiger partial charge in [0.15, 0.2) is 5.76 Å². The van der Waals surface area contributed by atoms with Crippen molar-refractivity contribution in [3.8, 4) is 0 Å². The highest BCUT2D eigenvalue weighted by Crippen LogP contribution is 2.26. The van der Waals surface area contributed by atoms with Crippen LogP contribution in [0.2, 0.25) is 0 Å². The summed E-state index contributed by atoms with van der Waals surface area (Å²) in [5, 5.41) is 3.92. The minimum atomic E-state index is -0.211. The summed E-state index contributed by atoms with van der Waals surface area (Å²) in [6, 6.07) is 16.2. The number of carbonyl (C=O) groups is 1. The third-order valence-corrected chi connectivity index (χ3v) is 5.44. The largest absolute Gasteiger partial charge is 0.451 e. The monoisotopic (exact) mass is 392 g/mol. The van der Waals surface area contributed by atoms with Gasteiger partial charge in [-0.1, -0.05) is 42.5 Å². The SMILES string of the molecule is CCOCc1c(C(=O)NCc2ccc(CN3CCCC3)cc2)oc2ccccc12. The number of carbonyl (C=O) groups excluding carboxylic acids is 1. The van der Waals surface area contributed by atoms with Crippen molar-refractivity contribution >= 4 is 16.9 Å². The molecule has 1 amide bonds. The zero-order valence-electron chi connectivity index (χ0n) is 16.9. The molecule has 1 saturated heterocycles. The Kier molecular flexibility index (Phi) is 6.27. The van der Waals surface area contributed by atoms with Gasteiger partial charge in [-0.3, -0.25) is 9.69 Å². The van der Waals surface area contributed by atoms with Gasteiger partial charge in [-0.05, 0) is 50.0 Å². The van der Waals surface area contributed by atoms with Gasteiger partial charge in [0, 0.05) is 30.6 Å². The zero-order chi connectivity index (χ0) is 20.1. The van der Waals surface area contributed by atoms with Gasteiger partial charge in [0.1, 0.15) is 5.58 Å². The Hall–Kier alpha value is -2.63. The smallest absolute Gasteiger partial charge is 0.287 e. The van der Waals surface area contributed by atoms with E-state index in [2.05, 4.69) is 34.5 Å². The molecule has 1 aromatic heterocycles. The minimum absolute atomic E-state index is 0.211. The number of amides is 1. The average Bonchev–Trinajstić information content (AvgIpc) is 3.39. The third-order valence-electron chi connectivity index (χ3n) is 5.44. The predicted octanol–water partition coefficient (Wildman–Crippen LogP) is 4.50. The maximum absolute atomic E-state index is 12.8. The van der Waals surface area contributed by atoms with Crippen LogP contribution in [0.15, 0.2) is 52.9 Å². The van der Waals surface area contributed by atoms with Gasteiger partial charge < -0.3 is 14.5 Å². The van der Waals surface area contributed by atoms with Gasteiger partial charge in [-0.15, -0.1) is 0 Å². The first-order valence-corrected chi connectivity index (χ1v) is 10.4. The standard InChI is InChI=1S/C24H28N2O3/c1-2-28-17-21-20-7-3-4-8-22(20)29-23(21)24(27)25-15-18-9-11-19(12-10-18)16-26-13-5-6-14-26/h3-4,7-12H,2,5-6,13-17H2,1H3,(H,25,27). The molecule has 0 radical (unpaired) electrons. The molecule has 1 aliphatic rings. The highest BCUT2D eigenvalue weighted by atomic mass is 16.5. The quantitative estimate of drug-likeness (QED) is 0.613. The van der Waals surface area contributed by atoms with E-state index in [1.807, 2.05) is 31.2 Å². The van der Waals surface area contributed by atoms with Crippen molar-refractivity contribution in [1.29, 1.82) is 0 Å². The van der Waals surface area contributed by atoms with Gasteiger partial charge >= 0.3 is 0 Å². The van der Waals surface area contributed by atoms with E-state index < -0.39 is 0 Å². The van der Waals surface area contributed by atoms with Crippen LogP contribution in [0.5, 0.6) is 0 Å². The summed E-state index contributed by atoms with van der Waals surface area (Å²) in [7, 11) is 0. The fraction of sp³-hybridized carbons (Fsp3) is 0.375. The number of fused-ring (bicyclic) bond motifs is 1. The molecule has 0 spiro atoms. The molecule has 3 aromatic rings. The van der Waals surface area contributed by atoms with E-state index in [9.17, 15) is 4.79 Å². The molecule has 1 N–H and O–H groups in total. The van der Waals surface area contributed by atoms with E-state index in [0.29, 0.717) is 31.1 Å². The predicted molar refractivity (Wildman–Crippen MR) is 114 cm³/mol. The van der Waals surface area contributed by atoms with Crippen LogP contribution in [0.1, 0.15) is 47.0 Å².